The standard InChI is InChI=1S/C15H10F3N3/c16-15(17,18)10-5-12(13(8-20)14(21)6-10)11-4-2-1-3-9(11)7-19/h1-6,8,20H,21H2. The van der Waals surface area contributed by atoms with Crippen molar-refractivity contribution in [2.75, 3.05) is 5.73 Å². The minimum atomic E-state index is -4.55. The first kappa shape index (κ1) is 14.6. The van der Waals surface area contributed by atoms with E-state index in [2.05, 4.69) is 0 Å². The van der Waals surface area contributed by atoms with Crippen LogP contribution in [0, 0.1) is 16.7 Å². The predicted octanol–water partition coefficient (Wildman–Crippen LogP) is 3.82. The SMILES string of the molecule is N#Cc1ccccc1-c1cc(C(F)(F)F)cc(N)c1C=N. The number of nitrogens with zero attached hydrogens (tertiary/aromatic N) is 1. The quantitative estimate of drug-likeness (QED) is 0.651. The molecule has 0 aliphatic heterocycles. The molecular formula is C15H10F3N3. The highest BCUT2D eigenvalue weighted by molar-refractivity contribution is 5.96. The average Bonchev–Trinajstić information content (AvgIpc) is 2.45. The molecule has 0 radical (unpaired) electrons. The van der Waals surface area contributed by atoms with Gasteiger partial charge in [-0.25, -0.2) is 0 Å². The van der Waals surface area contributed by atoms with Crippen molar-refractivity contribution in [3.8, 4) is 17.2 Å². The Bertz CT molecular complexity index is 743. The molecule has 0 saturated carbocycles. The Morgan fingerprint density at radius 1 is 1.14 bits per heavy atom. The fourth-order valence-corrected chi connectivity index (χ4v) is 2.04. The van der Waals surface area contributed by atoms with Crippen LogP contribution < -0.4 is 5.73 Å². The summed E-state index contributed by atoms with van der Waals surface area (Å²) in [6.07, 6.45) is -3.66. The van der Waals surface area contributed by atoms with Gasteiger partial charge in [-0.15, -0.1) is 0 Å². The Morgan fingerprint density at radius 2 is 1.81 bits per heavy atom. The summed E-state index contributed by atoms with van der Waals surface area (Å²) < 4.78 is 38.7. The van der Waals surface area contributed by atoms with Crippen LogP contribution in [0.15, 0.2) is 36.4 Å². The fraction of sp³-hybridized carbons (Fsp3) is 0.0667. The van der Waals surface area contributed by atoms with Gasteiger partial charge in [-0.3, -0.25) is 0 Å². The third kappa shape index (κ3) is 2.72. The second-order valence-electron chi connectivity index (χ2n) is 4.33. The van der Waals surface area contributed by atoms with E-state index in [9.17, 15) is 13.2 Å². The van der Waals surface area contributed by atoms with Gasteiger partial charge in [0.15, 0.2) is 0 Å². The first-order valence-electron chi connectivity index (χ1n) is 5.89. The van der Waals surface area contributed by atoms with Crippen LogP contribution in [0.3, 0.4) is 0 Å². The molecule has 2 aromatic rings. The molecule has 2 rings (SSSR count). The molecule has 0 bridgehead atoms. The summed E-state index contributed by atoms with van der Waals surface area (Å²) in [6.45, 7) is 0. The highest BCUT2D eigenvalue weighted by atomic mass is 19.4. The van der Waals surface area contributed by atoms with Gasteiger partial charge in [0.25, 0.3) is 0 Å². The molecule has 106 valence electrons. The van der Waals surface area contributed by atoms with Crippen LogP contribution in [-0.2, 0) is 6.18 Å². The van der Waals surface area contributed by atoms with Gasteiger partial charge in [0.1, 0.15) is 0 Å². The monoisotopic (exact) mass is 289 g/mol. The van der Waals surface area contributed by atoms with Crippen molar-refractivity contribution in [3.63, 3.8) is 0 Å². The second kappa shape index (κ2) is 5.29. The smallest absolute Gasteiger partial charge is 0.398 e. The second-order valence-corrected chi connectivity index (χ2v) is 4.33. The molecule has 0 heterocycles. The number of halogens is 3. The summed E-state index contributed by atoms with van der Waals surface area (Å²) in [7, 11) is 0. The number of nitrogens with one attached hydrogen (secondary N) is 1. The number of nitriles is 1. The first-order valence-corrected chi connectivity index (χ1v) is 5.89. The van der Waals surface area contributed by atoms with E-state index >= 15 is 0 Å². The molecule has 0 aliphatic rings. The molecule has 3 nitrogen and oxygen atoms in total. The van der Waals surface area contributed by atoms with Crippen molar-refractivity contribution in [2.24, 2.45) is 0 Å². The normalized spacial score (nSPS) is 11.0. The molecule has 0 atom stereocenters. The number of anilines is 1. The summed E-state index contributed by atoms with van der Waals surface area (Å²) in [6, 6.07) is 9.88. The number of benzene rings is 2. The van der Waals surface area contributed by atoms with E-state index in [1.807, 2.05) is 6.07 Å². The third-order valence-corrected chi connectivity index (χ3v) is 3.02. The average molecular weight is 289 g/mol. The van der Waals surface area contributed by atoms with Crippen LogP contribution in [-0.4, -0.2) is 6.21 Å². The molecule has 2 aromatic carbocycles. The van der Waals surface area contributed by atoms with Gasteiger partial charge in [0, 0.05) is 23.0 Å². The summed E-state index contributed by atoms with van der Waals surface area (Å²) >= 11 is 0. The number of alkyl halides is 3. The lowest BCUT2D eigenvalue weighted by Gasteiger charge is -2.15. The van der Waals surface area contributed by atoms with Crippen LogP contribution in [0.2, 0.25) is 0 Å². The van der Waals surface area contributed by atoms with E-state index in [0.29, 0.717) is 5.56 Å². The Labute approximate surface area is 118 Å². The maximum atomic E-state index is 12.9. The zero-order valence-corrected chi connectivity index (χ0v) is 10.7. The molecule has 0 spiro atoms. The zero-order valence-electron chi connectivity index (χ0n) is 10.7. The Kier molecular flexibility index (Phi) is 3.68. The van der Waals surface area contributed by atoms with Crippen molar-refractivity contribution >= 4 is 11.9 Å². The molecule has 0 unspecified atom stereocenters. The fourth-order valence-electron chi connectivity index (χ4n) is 2.04. The first-order chi connectivity index (χ1) is 9.88. The third-order valence-electron chi connectivity index (χ3n) is 3.02. The summed E-state index contributed by atoms with van der Waals surface area (Å²) in [4.78, 5) is 0. The van der Waals surface area contributed by atoms with Gasteiger partial charge >= 0.3 is 6.18 Å². The van der Waals surface area contributed by atoms with Crippen molar-refractivity contribution in [2.45, 2.75) is 6.18 Å². The van der Waals surface area contributed by atoms with Gasteiger partial charge in [0.2, 0.25) is 0 Å². The number of nitrogens with two attached hydrogens (primary N) is 1. The summed E-state index contributed by atoms with van der Waals surface area (Å²) in [5, 5.41) is 16.4. The lowest BCUT2D eigenvalue weighted by atomic mass is 9.93. The maximum absolute atomic E-state index is 12.9. The molecule has 0 aromatic heterocycles. The number of hydrogen-bond donors (Lipinski definition) is 2. The van der Waals surface area contributed by atoms with Gasteiger partial charge in [-0.1, -0.05) is 18.2 Å². The van der Waals surface area contributed by atoms with E-state index in [4.69, 9.17) is 16.4 Å². The molecule has 0 fully saturated rings. The maximum Gasteiger partial charge on any atom is 0.416 e. The minimum absolute atomic E-state index is 0.120. The summed E-state index contributed by atoms with van der Waals surface area (Å²) in [5.74, 6) is 0. The molecule has 6 heteroatoms. The minimum Gasteiger partial charge on any atom is -0.398 e. The number of hydrogen-bond acceptors (Lipinski definition) is 3. The molecule has 0 amide bonds. The largest absolute Gasteiger partial charge is 0.416 e. The van der Waals surface area contributed by atoms with Crippen LogP contribution in [0.4, 0.5) is 18.9 Å². The number of rotatable bonds is 2. The Morgan fingerprint density at radius 3 is 2.38 bits per heavy atom. The van der Waals surface area contributed by atoms with E-state index in [1.54, 1.807) is 12.1 Å². The van der Waals surface area contributed by atoms with Crippen molar-refractivity contribution in [3.05, 3.63) is 53.1 Å². The van der Waals surface area contributed by atoms with Crippen LogP contribution in [0.1, 0.15) is 16.7 Å². The Balaban J connectivity index is 2.81. The van der Waals surface area contributed by atoms with Crippen molar-refractivity contribution < 1.29 is 13.2 Å². The highest BCUT2D eigenvalue weighted by Crippen LogP contribution is 2.37. The van der Waals surface area contributed by atoms with Crippen LogP contribution in [0.5, 0.6) is 0 Å². The molecular weight excluding hydrogens is 279 g/mol. The zero-order chi connectivity index (χ0) is 15.6. The lowest BCUT2D eigenvalue weighted by Crippen LogP contribution is -2.08. The van der Waals surface area contributed by atoms with E-state index in [1.165, 1.54) is 12.1 Å². The van der Waals surface area contributed by atoms with Gasteiger partial charge < -0.3 is 11.1 Å². The van der Waals surface area contributed by atoms with Crippen molar-refractivity contribution in [1.82, 2.24) is 0 Å². The van der Waals surface area contributed by atoms with E-state index in [0.717, 1.165) is 18.3 Å². The van der Waals surface area contributed by atoms with Gasteiger partial charge in [0.05, 0.1) is 17.2 Å². The van der Waals surface area contributed by atoms with Crippen LogP contribution >= 0.6 is 0 Å². The lowest BCUT2D eigenvalue weighted by molar-refractivity contribution is -0.137. The number of nitrogen functional groups attached to an aromatic ring is 1. The predicted molar refractivity (Wildman–Crippen MR) is 73.9 cm³/mol. The van der Waals surface area contributed by atoms with E-state index in [-0.39, 0.29) is 22.4 Å². The van der Waals surface area contributed by atoms with Gasteiger partial charge in [-0.05, 0) is 23.8 Å². The highest BCUT2D eigenvalue weighted by Gasteiger charge is 2.32. The molecule has 0 saturated heterocycles. The van der Waals surface area contributed by atoms with Crippen molar-refractivity contribution in [1.29, 1.82) is 10.7 Å². The summed E-state index contributed by atoms with van der Waals surface area (Å²) in [5.41, 5.74) is 5.38. The van der Waals surface area contributed by atoms with Crippen LogP contribution in [0.25, 0.3) is 11.1 Å². The molecule has 21 heavy (non-hydrogen) atoms. The molecule has 3 N–H and O–H groups in total. The molecule has 0 aliphatic carbocycles. The van der Waals surface area contributed by atoms with Gasteiger partial charge in [-0.2, -0.15) is 18.4 Å². The topological polar surface area (TPSA) is 73.7 Å². The van der Waals surface area contributed by atoms with E-state index < -0.39 is 11.7 Å². The Hall–Kier alpha value is -2.81.